The molecule has 1 N–H and O–H groups in total. The number of aliphatic carboxylic acids is 1. The molecule has 5 nitrogen and oxygen atoms in total. The first kappa shape index (κ1) is 15.5. The van der Waals surface area contributed by atoms with E-state index in [1.165, 1.54) is 12.1 Å². The molecule has 0 spiro atoms. The first-order valence-corrected chi connectivity index (χ1v) is 7.85. The first-order chi connectivity index (χ1) is 8.90. The number of carbonyl (C=O) groups is 1. The van der Waals surface area contributed by atoms with E-state index in [1.54, 1.807) is 17.0 Å². The Bertz CT molecular complexity index is 522. The molecule has 19 heavy (non-hydrogen) atoms. The molecule has 1 aromatic carbocycles. The Morgan fingerprint density at radius 1 is 1.21 bits per heavy atom. The van der Waals surface area contributed by atoms with Gasteiger partial charge in [0, 0.05) is 12.2 Å². The Kier molecular flexibility index (Phi) is 5.35. The third-order valence-corrected chi connectivity index (χ3v) is 4.68. The number of benzene rings is 1. The van der Waals surface area contributed by atoms with E-state index in [0.29, 0.717) is 18.7 Å². The van der Waals surface area contributed by atoms with Gasteiger partial charge in [0.2, 0.25) is 0 Å². The molecule has 0 heterocycles. The number of sulfone groups is 1. The molecule has 106 valence electrons. The predicted octanol–water partition coefficient (Wildman–Crippen LogP) is 1.78. The highest BCUT2D eigenvalue weighted by atomic mass is 32.2. The number of hydrogen-bond donors (Lipinski definition) is 1. The summed E-state index contributed by atoms with van der Waals surface area (Å²) < 4.78 is 23.7. The lowest BCUT2D eigenvalue weighted by Crippen LogP contribution is -2.29. The van der Waals surface area contributed by atoms with E-state index >= 15 is 0 Å². The number of anilines is 1. The zero-order valence-corrected chi connectivity index (χ0v) is 12.0. The van der Waals surface area contributed by atoms with Crippen LogP contribution in [0.4, 0.5) is 5.69 Å². The Labute approximate surface area is 113 Å². The van der Waals surface area contributed by atoms with E-state index in [4.69, 9.17) is 5.11 Å². The summed E-state index contributed by atoms with van der Waals surface area (Å²) in [7, 11) is -3.22. The van der Waals surface area contributed by atoms with Crippen LogP contribution in [0.15, 0.2) is 29.2 Å². The molecular formula is C13H19NO4S. The van der Waals surface area contributed by atoms with Crippen LogP contribution < -0.4 is 4.90 Å². The molecule has 0 aromatic heterocycles. The van der Waals surface area contributed by atoms with Gasteiger partial charge in [0.05, 0.1) is 10.6 Å². The Morgan fingerprint density at radius 3 is 2.21 bits per heavy atom. The summed E-state index contributed by atoms with van der Waals surface area (Å²) in [5.41, 5.74) is 0.709. The second-order valence-electron chi connectivity index (χ2n) is 4.22. The molecule has 6 heteroatoms. The first-order valence-electron chi connectivity index (χ1n) is 6.20. The fourth-order valence-electron chi connectivity index (χ4n) is 1.80. The van der Waals surface area contributed by atoms with Gasteiger partial charge in [0.15, 0.2) is 9.84 Å². The molecule has 0 saturated carbocycles. The van der Waals surface area contributed by atoms with Crippen LogP contribution in [-0.2, 0) is 14.6 Å². The van der Waals surface area contributed by atoms with Crippen molar-refractivity contribution in [2.75, 3.05) is 23.7 Å². The van der Waals surface area contributed by atoms with Crippen molar-refractivity contribution >= 4 is 21.5 Å². The number of likely N-dealkylation sites (N-methyl/N-ethyl adjacent to an activating group) is 1. The van der Waals surface area contributed by atoms with Crippen molar-refractivity contribution in [2.24, 2.45) is 0 Å². The van der Waals surface area contributed by atoms with Crippen molar-refractivity contribution in [3.63, 3.8) is 0 Å². The van der Waals surface area contributed by atoms with Gasteiger partial charge in [-0.15, -0.1) is 0 Å². The second-order valence-corrected chi connectivity index (χ2v) is 6.33. The molecule has 0 unspecified atom stereocenters. The molecule has 1 aromatic rings. The fraction of sp³-hybridized carbons (Fsp3) is 0.462. The molecule has 1 rings (SSSR count). The summed E-state index contributed by atoms with van der Waals surface area (Å²) in [6, 6.07) is 6.36. The Morgan fingerprint density at radius 2 is 1.79 bits per heavy atom. The van der Waals surface area contributed by atoms with Gasteiger partial charge in [0.25, 0.3) is 0 Å². The Balaban J connectivity index is 2.95. The van der Waals surface area contributed by atoms with Crippen LogP contribution in [0.1, 0.15) is 20.3 Å². The average molecular weight is 285 g/mol. The maximum absolute atomic E-state index is 11.9. The minimum atomic E-state index is -3.22. The summed E-state index contributed by atoms with van der Waals surface area (Å²) in [6.07, 6.45) is 0.574. The molecule has 0 amide bonds. The lowest BCUT2D eigenvalue weighted by atomic mass is 10.3. The maximum Gasteiger partial charge on any atom is 0.323 e. The lowest BCUT2D eigenvalue weighted by Gasteiger charge is -2.20. The van der Waals surface area contributed by atoms with E-state index in [1.807, 2.05) is 13.8 Å². The van der Waals surface area contributed by atoms with Crippen molar-refractivity contribution in [3.05, 3.63) is 24.3 Å². The van der Waals surface area contributed by atoms with Gasteiger partial charge in [-0.3, -0.25) is 4.79 Å². The summed E-state index contributed by atoms with van der Waals surface area (Å²) >= 11 is 0. The third-order valence-electron chi connectivity index (χ3n) is 2.74. The van der Waals surface area contributed by atoms with Crippen LogP contribution in [0, 0.1) is 0 Å². The van der Waals surface area contributed by atoms with Gasteiger partial charge < -0.3 is 10.0 Å². The second kappa shape index (κ2) is 6.56. The van der Waals surface area contributed by atoms with Crippen molar-refractivity contribution < 1.29 is 18.3 Å². The third kappa shape index (κ3) is 4.24. The number of hydrogen-bond acceptors (Lipinski definition) is 4. The van der Waals surface area contributed by atoms with E-state index in [9.17, 15) is 13.2 Å². The Hall–Kier alpha value is -1.56. The van der Waals surface area contributed by atoms with Crippen LogP contribution in [0.25, 0.3) is 0 Å². The highest BCUT2D eigenvalue weighted by molar-refractivity contribution is 7.91. The summed E-state index contributed by atoms with van der Waals surface area (Å²) in [6.45, 7) is 4.12. The quantitative estimate of drug-likeness (QED) is 0.826. The number of nitrogens with zero attached hydrogens (tertiary/aromatic N) is 1. The van der Waals surface area contributed by atoms with Gasteiger partial charge in [0.1, 0.15) is 6.54 Å². The average Bonchev–Trinajstić information content (AvgIpc) is 2.36. The molecule has 0 radical (unpaired) electrons. The molecular weight excluding hydrogens is 266 g/mol. The maximum atomic E-state index is 11.9. The van der Waals surface area contributed by atoms with Crippen LogP contribution in [0.2, 0.25) is 0 Å². The van der Waals surface area contributed by atoms with E-state index in [0.717, 1.165) is 0 Å². The highest BCUT2D eigenvalue weighted by Crippen LogP contribution is 2.19. The molecule has 0 aliphatic heterocycles. The monoisotopic (exact) mass is 285 g/mol. The van der Waals surface area contributed by atoms with Gasteiger partial charge in [-0.2, -0.15) is 0 Å². The SMILES string of the molecule is CCCS(=O)(=O)c1ccc(N(CC)CC(=O)O)cc1. The van der Waals surface area contributed by atoms with E-state index in [-0.39, 0.29) is 17.2 Å². The topological polar surface area (TPSA) is 74.7 Å². The largest absolute Gasteiger partial charge is 0.480 e. The van der Waals surface area contributed by atoms with Gasteiger partial charge in [-0.25, -0.2) is 8.42 Å². The minimum absolute atomic E-state index is 0.0996. The zero-order chi connectivity index (χ0) is 14.5. The molecule has 0 bridgehead atoms. The summed E-state index contributed by atoms with van der Waals surface area (Å²) in [5.74, 6) is -0.788. The van der Waals surface area contributed by atoms with Gasteiger partial charge >= 0.3 is 5.97 Å². The van der Waals surface area contributed by atoms with Crippen LogP contribution >= 0.6 is 0 Å². The van der Waals surface area contributed by atoms with Gasteiger partial charge in [-0.1, -0.05) is 6.92 Å². The van der Waals surface area contributed by atoms with Crippen molar-refractivity contribution in [1.82, 2.24) is 0 Å². The smallest absolute Gasteiger partial charge is 0.323 e. The van der Waals surface area contributed by atoms with Crippen LogP contribution in [0.5, 0.6) is 0 Å². The van der Waals surface area contributed by atoms with Crippen molar-refractivity contribution in [3.8, 4) is 0 Å². The number of rotatable bonds is 7. The zero-order valence-electron chi connectivity index (χ0n) is 11.2. The molecule has 0 fully saturated rings. The summed E-state index contributed by atoms with van der Waals surface area (Å²) in [4.78, 5) is 12.7. The lowest BCUT2D eigenvalue weighted by molar-refractivity contribution is -0.135. The molecule has 0 aliphatic carbocycles. The normalized spacial score (nSPS) is 11.3. The summed E-state index contributed by atoms with van der Waals surface area (Å²) in [5, 5.41) is 8.79. The highest BCUT2D eigenvalue weighted by Gasteiger charge is 2.14. The van der Waals surface area contributed by atoms with E-state index < -0.39 is 15.8 Å². The standard InChI is InChI=1S/C13H19NO4S/c1-3-9-19(17,18)12-7-5-11(6-8-12)14(4-2)10-13(15)16/h5-8H,3-4,9-10H2,1-2H3,(H,15,16). The van der Waals surface area contributed by atoms with Crippen molar-refractivity contribution in [2.45, 2.75) is 25.2 Å². The number of carboxylic acids is 1. The van der Waals surface area contributed by atoms with E-state index in [2.05, 4.69) is 0 Å². The molecule has 0 atom stereocenters. The van der Waals surface area contributed by atoms with Crippen LogP contribution in [-0.4, -0.2) is 38.3 Å². The number of carboxylic acid groups (broad SMARTS) is 1. The minimum Gasteiger partial charge on any atom is -0.480 e. The molecule has 0 saturated heterocycles. The predicted molar refractivity (Wildman–Crippen MR) is 74.3 cm³/mol. The van der Waals surface area contributed by atoms with Crippen molar-refractivity contribution in [1.29, 1.82) is 0 Å². The van der Waals surface area contributed by atoms with Crippen LogP contribution in [0.3, 0.4) is 0 Å². The molecule has 0 aliphatic rings. The van der Waals surface area contributed by atoms with Gasteiger partial charge in [-0.05, 0) is 37.6 Å². The fourth-order valence-corrected chi connectivity index (χ4v) is 3.12.